The average Bonchev–Trinajstić information content (AvgIpc) is 2.78. The topological polar surface area (TPSA) is 84.9 Å². The van der Waals surface area contributed by atoms with E-state index in [2.05, 4.69) is 5.32 Å². The Bertz CT molecular complexity index is 1230. The highest BCUT2D eigenvalue weighted by Gasteiger charge is 2.27. The molecule has 0 bridgehead atoms. The number of halogens is 1. The molecule has 3 aromatic carbocycles. The SMILES string of the molecule is Cc1ccc(N(CC(=O)Nc2ccc3c(c2)OCCO3)S(=O)(=O)c2ccc(F)cc2)cc1. The number of fused-ring (bicyclic) bond motifs is 1. The van der Waals surface area contributed by atoms with Gasteiger partial charge in [0.2, 0.25) is 5.91 Å². The fourth-order valence-electron chi connectivity index (χ4n) is 3.21. The first-order valence-corrected chi connectivity index (χ1v) is 11.3. The second-order valence-corrected chi connectivity index (χ2v) is 9.07. The second kappa shape index (κ2) is 8.88. The Kier molecular flexibility index (Phi) is 6.00. The van der Waals surface area contributed by atoms with E-state index in [1.165, 1.54) is 12.1 Å². The monoisotopic (exact) mass is 456 g/mol. The number of aryl methyl sites for hydroxylation is 1. The van der Waals surface area contributed by atoms with E-state index in [1.807, 2.05) is 6.92 Å². The van der Waals surface area contributed by atoms with Gasteiger partial charge < -0.3 is 14.8 Å². The van der Waals surface area contributed by atoms with E-state index >= 15 is 0 Å². The lowest BCUT2D eigenvalue weighted by Gasteiger charge is -2.24. The first kappa shape index (κ1) is 21.6. The number of hydrogen-bond donors (Lipinski definition) is 1. The van der Waals surface area contributed by atoms with Crippen LogP contribution in [-0.2, 0) is 14.8 Å². The molecule has 4 rings (SSSR count). The average molecular weight is 456 g/mol. The van der Waals surface area contributed by atoms with E-state index in [4.69, 9.17) is 9.47 Å². The summed E-state index contributed by atoms with van der Waals surface area (Å²) in [6.07, 6.45) is 0. The highest BCUT2D eigenvalue weighted by Crippen LogP contribution is 2.32. The van der Waals surface area contributed by atoms with E-state index in [9.17, 15) is 17.6 Å². The van der Waals surface area contributed by atoms with Gasteiger partial charge in [-0.1, -0.05) is 17.7 Å². The number of rotatable bonds is 6. The van der Waals surface area contributed by atoms with Gasteiger partial charge in [-0.05, 0) is 55.5 Å². The number of sulfonamides is 1. The summed E-state index contributed by atoms with van der Waals surface area (Å²) in [5.41, 5.74) is 1.70. The zero-order valence-electron chi connectivity index (χ0n) is 17.2. The Morgan fingerprint density at radius 2 is 1.62 bits per heavy atom. The molecular formula is C23H21FN2O5S. The van der Waals surface area contributed by atoms with Crippen molar-refractivity contribution in [2.75, 3.05) is 29.4 Å². The lowest BCUT2D eigenvalue weighted by Crippen LogP contribution is -2.38. The number of ether oxygens (including phenoxy) is 2. The quantitative estimate of drug-likeness (QED) is 0.611. The fraction of sp³-hybridized carbons (Fsp3) is 0.174. The summed E-state index contributed by atoms with van der Waals surface area (Å²) >= 11 is 0. The van der Waals surface area contributed by atoms with E-state index in [-0.39, 0.29) is 4.90 Å². The van der Waals surface area contributed by atoms with Gasteiger partial charge in [0.15, 0.2) is 11.5 Å². The maximum absolute atomic E-state index is 13.3. The summed E-state index contributed by atoms with van der Waals surface area (Å²) in [7, 11) is -4.12. The minimum Gasteiger partial charge on any atom is -0.486 e. The number of benzene rings is 3. The molecule has 1 amide bonds. The predicted octanol–water partition coefficient (Wildman–Crippen LogP) is 3.74. The largest absolute Gasteiger partial charge is 0.486 e. The van der Waals surface area contributed by atoms with Gasteiger partial charge in [-0.3, -0.25) is 9.10 Å². The van der Waals surface area contributed by atoms with Crippen LogP contribution in [0.5, 0.6) is 11.5 Å². The summed E-state index contributed by atoms with van der Waals surface area (Å²) in [6.45, 7) is 2.25. The van der Waals surface area contributed by atoms with Gasteiger partial charge in [-0.15, -0.1) is 0 Å². The van der Waals surface area contributed by atoms with Gasteiger partial charge in [0, 0.05) is 11.8 Å². The third-order valence-electron chi connectivity index (χ3n) is 4.84. The fourth-order valence-corrected chi connectivity index (χ4v) is 4.63. The number of amides is 1. The smallest absolute Gasteiger partial charge is 0.264 e. The van der Waals surface area contributed by atoms with Crippen molar-refractivity contribution in [3.8, 4) is 11.5 Å². The zero-order chi connectivity index (χ0) is 22.7. The Hall–Kier alpha value is -3.59. The summed E-state index contributed by atoms with van der Waals surface area (Å²) in [5, 5.41) is 2.70. The molecule has 0 aliphatic carbocycles. The Morgan fingerprint density at radius 3 is 2.31 bits per heavy atom. The highest BCUT2D eigenvalue weighted by molar-refractivity contribution is 7.92. The van der Waals surface area contributed by atoms with Crippen LogP contribution in [0.3, 0.4) is 0 Å². The Morgan fingerprint density at radius 1 is 0.969 bits per heavy atom. The molecule has 0 fully saturated rings. The second-order valence-electron chi connectivity index (χ2n) is 7.21. The van der Waals surface area contributed by atoms with Crippen LogP contribution < -0.4 is 19.1 Å². The molecule has 0 saturated heterocycles. The normalized spacial score (nSPS) is 12.8. The molecule has 7 nitrogen and oxygen atoms in total. The highest BCUT2D eigenvalue weighted by atomic mass is 32.2. The van der Waals surface area contributed by atoms with Crippen LogP contribution in [0.4, 0.5) is 15.8 Å². The van der Waals surface area contributed by atoms with Crippen molar-refractivity contribution in [2.24, 2.45) is 0 Å². The number of nitrogens with one attached hydrogen (secondary N) is 1. The summed E-state index contributed by atoms with van der Waals surface area (Å²) < 4.78 is 51.9. The van der Waals surface area contributed by atoms with E-state index in [0.29, 0.717) is 36.1 Å². The van der Waals surface area contributed by atoms with Gasteiger partial charge >= 0.3 is 0 Å². The molecule has 1 aliphatic heterocycles. The molecule has 32 heavy (non-hydrogen) atoms. The standard InChI is InChI=1S/C23H21FN2O5S/c1-16-2-7-19(8-3-16)26(32(28,29)20-9-4-17(24)5-10-20)15-23(27)25-18-6-11-21-22(14-18)31-13-12-30-21/h2-11,14H,12-13,15H2,1H3,(H,25,27). The van der Waals surface area contributed by atoms with E-state index < -0.39 is 28.3 Å². The van der Waals surface area contributed by atoms with Crippen LogP contribution >= 0.6 is 0 Å². The molecule has 0 aromatic heterocycles. The molecule has 166 valence electrons. The minimum absolute atomic E-state index is 0.119. The van der Waals surface area contributed by atoms with Crippen molar-refractivity contribution in [2.45, 2.75) is 11.8 Å². The first-order chi connectivity index (χ1) is 15.3. The van der Waals surface area contributed by atoms with Crippen molar-refractivity contribution in [1.29, 1.82) is 0 Å². The van der Waals surface area contributed by atoms with Crippen molar-refractivity contribution < 1.29 is 27.1 Å². The zero-order valence-corrected chi connectivity index (χ0v) is 18.1. The molecule has 0 radical (unpaired) electrons. The number of anilines is 2. The van der Waals surface area contributed by atoms with Crippen molar-refractivity contribution >= 4 is 27.3 Å². The van der Waals surface area contributed by atoms with Crippen LogP contribution in [0, 0.1) is 12.7 Å². The Labute approximate surface area is 185 Å². The summed E-state index contributed by atoms with van der Waals surface area (Å²) in [6, 6.07) is 16.2. The number of nitrogens with zero attached hydrogens (tertiary/aromatic N) is 1. The van der Waals surface area contributed by atoms with Crippen molar-refractivity contribution in [3.63, 3.8) is 0 Å². The number of carbonyl (C=O) groups is 1. The Balaban J connectivity index is 1.61. The van der Waals surface area contributed by atoms with Crippen molar-refractivity contribution in [1.82, 2.24) is 0 Å². The van der Waals surface area contributed by atoms with E-state index in [1.54, 1.807) is 42.5 Å². The molecule has 1 heterocycles. The van der Waals surface area contributed by atoms with Gasteiger partial charge in [0.25, 0.3) is 10.0 Å². The molecule has 1 N–H and O–H groups in total. The van der Waals surface area contributed by atoms with Crippen LogP contribution in [0.15, 0.2) is 71.6 Å². The van der Waals surface area contributed by atoms with Crippen LogP contribution in [0.25, 0.3) is 0 Å². The molecule has 1 aliphatic rings. The lowest BCUT2D eigenvalue weighted by atomic mass is 10.2. The first-order valence-electron chi connectivity index (χ1n) is 9.87. The maximum Gasteiger partial charge on any atom is 0.264 e. The molecule has 0 spiro atoms. The molecule has 3 aromatic rings. The number of hydrogen-bond acceptors (Lipinski definition) is 5. The molecule has 0 unspecified atom stereocenters. The number of carbonyl (C=O) groups excluding carboxylic acids is 1. The summed E-state index contributed by atoms with van der Waals surface area (Å²) in [4.78, 5) is 12.7. The van der Waals surface area contributed by atoms with Crippen molar-refractivity contribution in [3.05, 3.63) is 78.1 Å². The van der Waals surface area contributed by atoms with Gasteiger partial charge in [0.1, 0.15) is 25.6 Å². The van der Waals surface area contributed by atoms with Crippen LogP contribution in [0.1, 0.15) is 5.56 Å². The van der Waals surface area contributed by atoms with E-state index in [0.717, 1.165) is 22.0 Å². The predicted molar refractivity (Wildman–Crippen MR) is 118 cm³/mol. The molecule has 0 atom stereocenters. The lowest BCUT2D eigenvalue weighted by molar-refractivity contribution is -0.114. The molecular weight excluding hydrogens is 435 g/mol. The van der Waals surface area contributed by atoms with Gasteiger partial charge in [0.05, 0.1) is 10.6 Å². The summed E-state index contributed by atoms with van der Waals surface area (Å²) in [5.74, 6) is -0.0204. The third kappa shape index (κ3) is 4.67. The van der Waals surface area contributed by atoms with Gasteiger partial charge in [-0.2, -0.15) is 0 Å². The molecule has 0 saturated carbocycles. The van der Waals surface area contributed by atoms with Gasteiger partial charge in [-0.25, -0.2) is 12.8 Å². The van der Waals surface area contributed by atoms with Crippen LogP contribution in [-0.4, -0.2) is 34.1 Å². The minimum atomic E-state index is -4.12. The molecule has 9 heteroatoms. The van der Waals surface area contributed by atoms with Crippen LogP contribution in [0.2, 0.25) is 0 Å². The third-order valence-corrected chi connectivity index (χ3v) is 6.62. The maximum atomic E-state index is 13.3.